The molecule has 0 heterocycles. The molecule has 0 bridgehead atoms. The molecule has 0 fully saturated rings. The lowest BCUT2D eigenvalue weighted by Gasteiger charge is -2.18. The lowest BCUT2D eigenvalue weighted by atomic mass is 10.2. The number of ether oxygens (including phenoxy) is 1. The summed E-state index contributed by atoms with van der Waals surface area (Å²) in [6, 6.07) is 17.2. The highest BCUT2D eigenvalue weighted by Gasteiger charge is 2.11. The van der Waals surface area contributed by atoms with Gasteiger partial charge in [-0.2, -0.15) is 0 Å². The van der Waals surface area contributed by atoms with Crippen molar-refractivity contribution < 1.29 is 9.53 Å². The Labute approximate surface area is 127 Å². The Balaban J connectivity index is 1.88. The topological polar surface area (TPSA) is 29.5 Å². The Morgan fingerprint density at radius 1 is 1.10 bits per heavy atom. The van der Waals surface area contributed by atoms with Crippen LogP contribution in [0.15, 0.2) is 59.1 Å². The molecule has 0 saturated heterocycles. The van der Waals surface area contributed by atoms with Crippen molar-refractivity contribution in [1.82, 2.24) is 4.90 Å². The van der Waals surface area contributed by atoms with E-state index in [-0.39, 0.29) is 12.5 Å². The van der Waals surface area contributed by atoms with Gasteiger partial charge in [0.15, 0.2) is 6.61 Å². The number of hydrogen-bond donors (Lipinski definition) is 0. The van der Waals surface area contributed by atoms with E-state index in [4.69, 9.17) is 4.74 Å². The van der Waals surface area contributed by atoms with Gasteiger partial charge < -0.3 is 9.64 Å². The van der Waals surface area contributed by atoms with Crippen LogP contribution in [0, 0.1) is 0 Å². The molecule has 1 amide bonds. The molecule has 0 aliphatic heterocycles. The number of hydrogen-bond acceptors (Lipinski definition) is 2. The van der Waals surface area contributed by atoms with E-state index in [9.17, 15) is 4.79 Å². The highest BCUT2D eigenvalue weighted by molar-refractivity contribution is 9.10. The number of carbonyl (C=O) groups excluding carboxylic acids is 1. The number of carbonyl (C=O) groups is 1. The van der Waals surface area contributed by atoms with Crippen LogP contribution in [0.25, 0.3) is 0 Å². The van der Waals surface area contributed by atoms with Crippen LogP contribution in [-0.4, -0.2) is 24.5 Å². The van der Waals surface area contributed by atoms with Crippen molar-refractivity contribution in [1.29, 1.82) is 0 Å². The minimum absolute atomic E-state index is 0.0466. The van der Waals surface area contributed by atoms with Crippen molar-refractivity contribution in [2.45, 2.75) is 6.54 Å². The molecule has 2 aromatic carbocycles. The van der Waals surface area contributed by atoms with Gasteiger partial charge in [-0.3, -0.25) is 4.79 Å². The summed E-state index contributed by atoms with van der Waals surface area (Å²) in [4.78, 5) is 13.7. The molecular weight excluding hydrogens is 318 g/mol. The number of benzene rings is 2. The summed E-state index contributed by atoms with van der Waals surface area (Å²) in [6.45, 7) is 0.601. The molecule has 0 unspecified atom stereocenters. The summed E-state index contributed by atoms with van der Waals surface area (Å²) in [5.41, 5.74) is 1.07. The van der Waals surface area contributed by atoms with Crippen molar-refractivity contribution in [3.05, 3.63) is 64.6 Å². The number of rotatable bonds is 5. The number of halogens is 1. The summed E-state index contributed by atoms with van der Waals surface area (Å²) < 4.78 is 6.46. The molecule has 104 valence electrons. The summed E-state index contributed by atoms with van der Waals surface area (Å²) in [5.74, 6) is 0.653. The highest BCUT2D eigenvalue weighted by atomic mass is 79.9. The zero-order valence-electron chi connectivity index (χ0n) is 11.3. The minimum Gasteiger partial charge on any atom is -0.484 e. The lowest BCUT2D eigenvalue weighted by molar-refractivity contribution is -0.132. The smallest absolute Gasteiger partial charge is 0.260 e. The molecule has 4 heteroatoms. The first-order chi connectivity index (χ1) is 9.66. The predicted molar refractivity (Wildman–Crippen MR) is 82.6 cm³/mol. The molecule has 0 aliphatic carbocycles. The largest absolute Gasteiger partial charge is 0.484 e. The molecule has 2 aromatic rings. The summed E-state index contributed by atoms with van der Waals surface area (Å²) in [5, 5.41) is 0. The van der Waals surface area contributed by atoms with Gasteiger partial charge in [-0.05, 0) is 23.8 Å². The van der Waals surface area contributed by atoms with E-state index in [1.165, 1.54) is 0 Å². The van der Waals surface area contributed by atoms with Crippen LogP contribution in [0.3, 0.4) is 0 Å². The molecule has 20 heavy (non-hydrogen) atoms. The van der Waals surface area contributed by atoms with Crippen LogP contribution >= 0.6 is 15.9 Å². The van der Waals surface area contributed by atoms with Crippen LogP contribution < -0.4 is 4.74 Å². The predicted octanol–water partition coefficient (Wildman–Crippen LogP) is 3.49. The van der Waals surface area contributed by atoms with Crippen molar-refractivity contribution in [3.8, 4) is 5.75 Å². The van der Waals surface area contributed by atoms with Gasteiger partial charge in [-0.1, -0.05) is 52.3 Å². The van der Waals surface area contributed by atoms with E-state index < -0.39 is 0 Å². The van der Waals surface area contributed by atoms with Gasteiger partial charge in [-0.25, -0.2) is 0 Å². The molecule has 0 N–H and O–H groups in total. The van der Waals surface area contributed by atoms with E-state index in [0.717, 1.165) is 10.0 Å². The molecule has 0 aliphatic rings. The quantitative estimate of drug-likeness (QED) is 0.838. The molecule has 0 saturated carbocycles. The average Bonchev–Trinajstić information content (AvgIpc) is 2.48. The van der Waals surface area contributed by atoms with Gasteiger partial charge in [0.25, 0.3) is 5.91 Å². The second kappa shape index (κ2) is 7.10. The monoisotopic (exact) mass is 333 g/mol. The molecule has 0 aromatic heterocycles. The lowest BCUT2D eigenvalue weighted by Crippen LogP contribution is -2.31. The second-order valence-electron chi connectivity index (χ2n) is 4.44. The fourth-order valence-electron chi connectivity index (χ4n) is 1.74. The van der Waals surface area contributed by atoms with Crippen molar-refractivity contribution in [3.63, 3.8) is 0 Å². The van der Waals surface area contributed by atoms with Gasteiger partial charge in [0.2, 0.25) is 0 Å². The Kier molecular flexibility index (Phi) is 5.18. The minimum atomic E-state index is -0.0513. The van der Waals surface area contributed by atoms with Crippen LogP contribution in [-0.2, 0) is 11.3 Å². The van der Waals surface area contributed by atoms with Crippen LogP contribution in [0.2, 0.25) is 0 Å². The third kappa shape index (κ3) is 4.10. The third-order valence-corrected chi connectivity index (χ3v) is 3.67. The average molecular weight is 334 g/mol. The maximum absolute atomic E-state index is 12.0. The molecule has 0 atom stereocenters. The highest BCUT2D eigenvalue weighted by Crippen LogP contribution is 2.17. The third-order valence-electron chi connectivity index (χ3n) is 2.90. The van der Waals surface area contributed by atoms with Crippen molar-refractivity contribution in [2.75, 3.05) is 13.7 Å². The zero-order chi connectivity index (χ0) is 14.4. The molecule has 0 radical (unpaired) electrons. The Morgan fingerprint density at radius 2 is 1.75 bits per heavy atom. The van der Waals surface area contributed by atoms with E-state index in [0.29, 0.717) is 12.3 Å². The number of para-hydroxylation sites is 1. The van der Waals surface area contributed by atoms with E-state index in [1.807, 2.05) is 54.6 Å². The van der Waals surface area contributed by atoms with E-state index >= 15 is 0 Å². The van der Waals surface area contributed by atoms with Crippen LogP contribution in [0.1, 0.15) is 5.56 Å². The summed E-state index contributed by atoms with van der Waals surface area (Å²) in [6.07, 6.45) is 0. The van der Waals surface area contributed by atoms with Crippen LogP contribution in [0.4, 0.5) is 0 Å². The van der Waals surface area contributed by atoms with Crippen LogP contribution in [0.5, 0.6) is 5.75 Å². The van der Waals surface area contributed by atoms with Gasteiger partial charge in [0.05, 0.1) is 0 Å². The normalized spacial score (nSPS) is 10.1. The fourth-order valence-corrected chi connectivity index (χ4v) is 2.15. The molecular formula is C16H16BrNO2. The maximum atomic E-state index is 12.0. The number of likely N-dealkylation sites (N-methyl/N-ethyl adjacent to an activating group) is 1. The molecule has 3 nitrogen and oxygen atoms in total. The zero-order valence-corrected chi connectivity index (χ0v) is 12.8. The second-order valence-corrected chi connectivity index (χ2v) is 5.30. The fraction of sp³-hybridized carbons (Fsp3) is 0.188. The van der Waals surface area contributed by atoms with Crippen molar-refractivity contribution >= 4 is 21.8 Å². The molecule has 2 rings (SSSR count). The Morgan fingerprint density at radius 3 is 2.45 bits per heavy atom. The first-order valence-corrected chi connectivity index (χ1v) is 7.11. The van der Waals surface area contributed by atoms with Gasteiger partial charge in [-0.15, -0.1) is 0 Å². The summed E-state index contributed by atoms with van der Waals surface area (Å²) >= 11 is 3.48. The van der Waals surface area contributed by atoms with Gasteiger partial charge >= 0.3 is 0 Å². The first-order valence-electron chi connectivity index (χ1n) is 6.32. The van der Waals surface area contributed by atoms with Crippen molar-refractivity contribution in [2.24, 2.45) is 0 Å². The standard InChI is InChI=1S/C16H16BrNO2/c1-18(11-13-7-5-6-10-15(13)17)16(19)12-20-14-8-3-2-4-9-14/h2-10H,11-12H2,1H3. The van der Waals surface area contributed by atoms with E-state index in [2.05, 4.69) is 15.9 Å². The van der Waals surface area contributed by atoms with E-state index in [1.54, 1.807) is 11.9 Å². The maximum Gasteiger partial charge on any atom is 0.260 e. The summed E-state index contributed by atoms with van der Waals surface area (Å²) in [7, 11) is 1.77. The molecule has 0 spiro atoms. The number of amides is 1. The van der Waals surface area contributed by atoms with Gasteiger partial charge in [0, 0.05) is 18.1 Å². The first kappa shape index (κ1) is 14.6. The SMILES string of the molecule is CN(Cc1ccccc1Br)C(=O)COc1ccccc1. The number of nitrogens with zero attached hydrogens (tertiary/aromatic N) is 1. The van der Waals surface area contributed by atoms with Gasteiger partial charge in [0.1, 0.15) is 5.75 Å². The Hall–Kier alpha value is -1.81. The Bertz CT molecular complexity index is 572.